The predicted octanol–water partition coefficient (Wildman–Crippen LogP) is 4.49. The van der Waals surface area contributed by atoms with Crippen LogP contribution in [0.2, 0.25) is 0 Å². The number of rotatable bonds is 5. The van der Waals surface area contributed by atoms with E-state index in [0.717, 1.165) is 12.1 Å². The highest BCUT2D eigenvalue weighted by molar-refractivity contribution is 5.79. The number of para-hydroxylation sites is 1. The molecule has 0 saturated carbocycles. The highest BCUT2D eigenvalue weighted by Crippen LogP contribution is 2.30. The van der Waals surface area contributed by atoms with Crippen molar-refractivity contribution in [3.63, 3.8) is 0 Å². The van der Waals surface area contributed by atoms with Crippen molar-refractivity contribution in [2.24, 2.45) is 0 Å². The van der Waals surface area contributed by atoms with Gasteiger partial charge in [-0.1, -0.05) is 36.4 Å². The Morgan fingerprint density at radius 2 is 1.70 bits per heavy atom. The van der Waals surface area contributed by atoms with Gasteiger partial charge in [0, 0.05) is 32.2 Å². The normalized spacial score (nSPS) is 14.3. The van der Waals surface area contributed by atoms with Gasteiger partial charge in [-0.3, -0.25) is 4.79 Å². The fraction of sp³-hybridized carbons (Fsp3) is 0.292. The number of anilines is 1. The van der Waals surface area contributed by atoms with E-state index in [0.29, 0.717) is 55.0 Å². The predicted molar refractivity (Wildman–Crippen MR) is 117 cm³/mol. The van der Waals surface area contributed by atoms with Gasteiger partial charge in [0.25, 0.3) is 0 Å². The summed E-state index contributed by atoms with van der Waals surface area (Å²) in [7, 11) is 0. The van der Waals surface area contributed by atoms with Gasteiger partial charge < -0.3 is 14.5 Å². The van der Waals surface area contributed by atoms with Crippen LogP contribution in [0.5, 0.6) is 11.6 Å². The van der Waals surface area contributed by atoms with E-state index in [9.17, 15) is 18.0 Å². The summed E-state index contributed by atoms with van der Waals surface area (Å²) >= 11 is 0. The molecule has 1 saturated heterocycles. The van der Waals surface area contributed by atoms with Gasteiger partial charge in [0.2, 0.25) is 11.8 Å². The van der Waals surface area contributed by atoms with Crippen LogP contribution < -0.4 is 9.64 Å². The SMILES string of the molecule is Cc1nc(Oc2ccccc2)cc(N2CCN(C(=O)Cc3cccc(C(F)(F)F)c3)CC2)n1. The van der Waals surface area contributed by atoms with E-state index in [4.69, 9.17) is 4.74 Å². The van der Waals surface area contributed by atoms with Gasteiger partial charge in [-0.05, 0) is 30.7 Å². The van der Waals surface area contributed by atoms with Crippen LogP contribution in [0, 0.1) is 6.92 Å². The molecule has 0 N–H and O–H groups in total. The van der Waals surface area contributed by atoms with Crippen LogP contribution in [0.3, 0.4) is 0 Å². The van der Waals surface area contributed by atoms with Crippen LogP contribution in [-0.2, 0) is 17.4 Å². The zero-order valence-corrected chi connectivity index (χ0v) is 18.0. The zero-order valence-electron chi connectivity index (χ0n) is 18.0. The van der Waals surface area contributed by atoms with Gasteiger partial charge in [-0.2, -0.15) is 18.2 Å². The number of ether oxygens (including phenoxy) is 1. The molecule has 33 heavy (non-hydrogen) atoms. The Kier molecular flexibility index (Phi) is 6.48. The molecule has 0 aliphatic carbocycles. The third kappa shape index (κ3) is 5.79. The fourth-order valence-corrected chi connectivity index (χ4v) is 3.68. The Labute approximate surface area is 189 Å². The number of aryl methyl sites for hydroxylation is 1. The minimum absolute atomic E-state index is 0.0639. The third-order valence-corrected chi connectivity index (χ3v) is 5.33. The van der Waals surface area contributed by atoms with E-state index in [1.165, 1.54) is 6.07 Å². The molecule has 172 valence electrons. The van der Waals surface area contributed by atoms with Crippen LogP contribution >= 0.6 is 0 Å². The van der Waals surface area contributed by atoms with E-state index in [1.807, 2.05) is 35.2 Å². The summed E-state index contributed by atoms with van der Waals surface area (Å²) in [6.45, 7) is 3.80. The molecular formula is C24H23F3N4O2. The van der Waals surface area contributed by atoms with Crippen LogP contribution in [0.4, 0.5) is 19.0 Å². The minimum Gasteiger partial charge on any atom is -0.439 e. The first-order valence-corrected chi connectivity index (χ1v) is 10.6. The number of amides is 1. The van der Waals surface area contributed by atoms with Gasteiger partial charge in [-0.25, -0.2) is 4.98 Å². The number of benzene rings is 2. The molecule has 0 bridgehead atoms. The first kappa shape index (κ1) is 22.6. The average molecular weight is 456 g/mol. The molecule has 2 heterocycles. The number of aromatic nitrogens is 2. The molecule has 4 rings (SSSR count). The lowest BCUT2D eigenvalue weighted by Crippen LogP contribution is -2.49. The minimum atomic E-state index is -4.43. The summed E-state index contributed by atoms with van der Waals surface area (Å²) in [4.78, 5) is 25.2. The van der Waals surface area contributed by atoms with Gasteiger partial charge in [0.15, 0.2) is 0 Å². The summed E-state index contributed by atoms with van der Waals surface area (Å²) in [5.41, 5.74) is -0.392. The van der Waals surface area contributed by atoms with Gasteiger partial charge in [0.05, 0.1) is 12.0 Å². The maximum atomic E-state index is 12.9. The second-order valence-electron chi connectivity index (χ2n) is 7.77. The molecule has 0 radical (unpaired) electrons. The van der Waals surface area contributed by atoms with Crippen LogP contribution in [0.25, 0.3) is 0 Å². The molecule has 0 unspecified atom stereocenters. The highest BCUT2D eigenvalue weighted by Gasteiger charge is 2.31. The number of alkyl halides is 3. The molecule has 9 heteroatoms. The number of carbonyl (C=O) groups excluding carboxylic acids is 1. The zero-order chi connectivity index (χ0) is 23.4. The number of hydrogen-bond acceptors (Lipinski definition) is 5. The van der Waals surface area contributed by atoms with E-state index < -0.39 is 11.7 Å². The largest absolute Gasteiger partial charge is 0.439 e. The smallest absolute Gasteiger partial charge is 0.416 e. The Balaban J connectivity index is 1.37. The lowest BCUT2D eigenvalue weighted by molar-refractivity contribution is -0.138. The second-order valence-corrected chi connectivity index (χ2v) is 7.77. The first-order chi connectivity index (χ1) is 15.8. The maximum Gasteiger partial charge on any atom is 0.416 e. The highest BCUT2D eigenvalue weighted by atomic mass is 19.4. The van der Waals surface area contributed by atoms with Crippen molar-refractivity contribution >= 4 is 11.7 Å². The molecule has 3 aromatic rings. The van der Waals surface area contributed by atoms with Crippen molar-refractivity contribution in [1.82, 2.24) is 14.9 Å². The van der Waals surface area contributed by atoms with Crippen LogP contribution in [0.1, 0.15) is 17.0 Å². The lowest BCUT2D eigenvalue weighted by Gasteiger charge is -2.35. The molecule has 1 fully saturated rings. The Hall–Kier alpha value is -3.62. The summed E-state index contributed by atoms with van der Waals surface area (Å²) < 4.78 is 44.6. The van der Waals surface area contributed by atoms with Crippen molar-refractivity contribution in [2.45, 2.75) is 19.5 Å². The Morgan fingerprint density at radius 3 is 2.39 bits per heavy atom. The van der Waals surface area contributed by atoms with Crippen LogP contribution in [-0.4, -0.2) is 47.0 Å². The van der Waals surface area contributed by atoms with E-state index in [1.54, 1.807) is 24.0 Å². The standard InChI is InChI=1S/C24H23F3N4O2/c1-17-28-21(16-22(29-17)33-20-8-3-2-4-9-20)30-10-12-31(13-11-30)23(32)15-18-6-5-7-19(14-18)24(25,26)27/h2-9,14,16H,10-13,15H2,1H3. The van der Waals surface area contributed by atoms with Crippen molar-refractivity contribution in [2.75, 3.05) is 31.1 Å². The number of carbonyl (C=O) groups is 1. The lowest BCUT2D eigenvalue weighted by atomic mass is 10.1. The van der Waals surface area contributed by atoms with E-state index in [-0.39, 0.29) is 12.3 Å². The summed E-state index contributed by atoms with van der Waals surface area (Å²) in [5.74, 6) is 2.19. The molecule has 1 aromatic heterocycles. The molecular weight excluding hydrogens is 433 g/mol. The van der Waals surface area contributed by atoms with Crippen molar-refractivity contribution in [3.8, 4) is 11.6 Å². The summed E-state index contributed by atoms with van der Waals surface area (Å²) in [6.07, 6.45) is -4.49. The molecule has 2 aromatic carbocycles. The van der Waals surface area contributed by atoms with Crippen molar-refractivity contribution in [1.29, 1.82) is 0 Å². The number of halogens is 3. The molecule has 0 atom stereocenters. The monoisotopic (exact) mass is 456 g/mol. The molecule has 1 aliphatic rings. The van der Waals surface area contributed by atoms with Gasteiger partial charge in [-0.15, -0.1) is 0 Å². The van der Waals surface area contributed by atoms with Gasteiger partial charge in [0.1, 0.15) is 17.4 Å². The van der Waals surface area contributed by atoms with E-state index >= 15 is 0 Å². The summed E-state index contributed by atoms with van der Waals surface area (Å²) in [5, 5.41) is 0. The maximum absolute atomic E-state index is 12.9. The Bertz CT molecular complexity index is 1110. The average Bonchev–Trinajstić information content (AvgIpc) is 2.79. The van der Waals surface area contributed by atoms with Gasteiger partial charge >= 0.3 is 6.18 Å². The Morgan fingerprint density at radius 1 is 0.970 bits per heavy atom. The number of hydrogen-bond donors (Lipinski definition) is 0. The van der Waals surface area contributed by atoms with Crippen LogP contribution in [0.15, 0.2) is 60.7 Å². The quantitative estimate of drug-likeness (QED) is 0.566. The topological polar surface area (TPSA) is 58.6 Å². The second kappa shape index (κ2) is 9.48. The van der Waals surface area contributed by atoms with Crippen molar-refractivity contribution < 1.29 is 22.7 Å². The van der Waals surface area contributed by atoms with E-state index in [2.05, 4.69) is 9.97 Å². The summed E-state index contributed by atoms with van der Waals surface area (Å²) in [6, 6.07) is 16.0. The molecule has 1 aliphatic heterocycles. The first-order valence-electron chi connectivity index (χ1n) is 10.6. The third-order valence-electron chi connectivity index (χ3n) is 5.33. The molecule has 1 amide bonds. The fourth-order valence-electron chi connectivity index (χ4n) is 3.68. The van der Waals surface area contributed by atoms with Crippen molar-refractivity contribution in [3.05, 3.63) is 77.6 Å². The molecule has 0 spiro atoms. The number of piperazine rings is 1. The number of nitrogens with zero attached hydrogens (tertiary/aromatic N) is 4. The molecule has 6 nitrogen and oxygen atoms in total.